The molecule has 0 radical (unpaired) electrons. The van der Waals surface area contributed by atoms with Gasteiger partial charge >= 0.3 is 0 Å². The number of piperidine rings is 1. The lowest BCUT2D eigenvalue weighted by molar-refractivity contribution is -0.122. The number of carbonyl (C=O) groups is 1. The summed E-state index contributed by atoms with van der Waals surface area (Å²) >= 11 is 6.69. The predicted molar refractivity (Wildman–Crippen MR) is 140 cm³/mol. The van der Waals surface area contributed by atoms with E-state index in [-0.39, 0.29) is 23.8 Å². The lowest BCUT2D eigenvalue weighted by atomic mass is 10.0. The summed E-state index contributed by atoms with van der Waals surface area (Å²) in [7, 11) is 1.77. The van der Waals surface area contributed by atoms with Gasteiger partial charge < -0.3 is 9.47 Å². The monoisotopic (exact) mass is 493 g/mol. The summed E-state index contributed by atoms with van der Waals surface area (Å²) in [5.41, 5.74) is 2.93. The number of anilines is 1. The minimum Gasteiger partial charge on any atom is -0.370 e. The van der Waals surface area contributed by atoms with E-state index in [0.717, 1.165) is 48.1 Å². The van der Waals surface area contributed by atoms with E-state index < -0.39 is 0 Å². The third-order valence-corrected chi connectivity index (χ3v) is 7.76. The number of carbonyl (C=O) groups excluding carboxylic acids is 1. The fourth-order valence-electron chi connectivity index (χ4n) is 4.63. The fourth-order valence-corrected chi connectivity index (χ4v) is 5.87. The molecule has 1 aromatic heterocycles. The summed E-state index contributed by atoms with van der Waals surface area (Å²) in [6.45, 7) is 2.02. The summed E-state index contributed by atoms with van der Waals surface area (Å²) in [6.07, 6.45) is 5.03. The first-order valence-corrected chi connectivity index (χ1v) is 12.5. The number of halogens is 1. The largest absolute Gasteiger partial charge is 0.370 e. The summed E-state index contributed by atoms with van der Waals surface area (Å²) in [5.74, 6) is -0.564. The van der Waals surface area contributed by atoms with Crippen LogP contribution in [-0.2, 0) is 18.4 Å². The molecule has 2 aromatic carbocycles. The van der Waals surface area contributed by atoms with E-state index in [1.807, 2.05) is 24.3 Å². The molecule has 0 spiro atoms. The maximum Gasteiger partial charge on any atom is 0.266 e. The molecule has 0 N–H and O–H groups in total. The second-order valence-corrected chi connectivity index (χ2v) is 10.3. The molecule has 3 aromatic rings. The first-order chi connectivity index (χ1) is 16.4. The SMILES string of the molecule is Cn1c(=O)c(C=C2SC(=S)N(Cc3ccc(F)cc3)C2=O)c(N2CCCCC2)c2ccccc21. The molecule has 0 saturated carbocycles. The number of para-hydroxylation sites is 1. The molecule has 5 rings (SSSR count). The van der Waals surface area contributed by atoms with Gasteiger partial charge in [0, 0.05) is 25.5 Å². The Labute approximate surface area is 206 Å². The Bertz CT molecular complexity index is 1380. The molecular weight excluding hydrogens is 469 g/mol. The average molecular weight is 494 g/mol. The van der Waals surface area contributed by atoms with Crippen LogP contribution in [0.3, 0.4) is 0 Å². The van der Waals surface area contributed by atoms with E-state index in [1.165, 1.54) is 35.2 Å². The Balaban J connectivity index is 1.59. The van der Waals surface area contributed by atoms with Gasteiger partial charge in [0.1, 0.15) is 10.1 Å². The summed E-state index contributed by atoms with van der Waals surface area (Å²) in [5, 5.41) is 1.000. The van der Waals surface area contributed by atoms with Gasteiger partial charge in [-0.1, -0.05) is 54.3 Å². The number of aromatic nitrogens is 1. The molecule has 34 heavy (non-hydrogen) atoms. The minimum absolute atomic E-state index is 0.136. The first kappa shape index (κ1) is 22.8. The van der Waals surface area contributed by atoms with Crippen molar-refractivity contribution in [1.29, 1.82) is 0 Å². The quantitative estimate of drug-likeness (QED) is 0.375. The van der Waals surface area contributed by atoms with Crippen molar-refractivity contribution in [2.45, 2.75) is 25.8 Å². The maximum absolute atomic E-state index is 13.5. The van der Waals surface area contributed by atoms with E-state index in [1.54, 1.807) is 29.8 Å². The molecule has 0 aliphatic carbocycles. The third-order valence-electron chi connectivity index (χ3n) is 6.39. The van der Waals surface area contributed by atoms with Gasteiger partial charge in [0.05, 0.1) is 28.2 Å². The van der Waals surface area contributed by atoms with Crippen molar-refractivity contribution < 1.29 is 9.18 Å². The van der Waals surface area contributed by atoms with Crippen LogP contribution in [0.4, 0.5) is 10.1 Å². The summed E-state index contributed by atoms with van der Waals surface area (Å²) < 4.78 is 15.4. The highest BCUT2D eigenvalue weighted by molar-refractivity contribution is 8.26. The highest BCUT2D eigenvalue weighted by Gasteiger charge is 2.33. The lowest BCUT2D eigenvalue weighted by Gasteiger charge is -2.31. The zero-order valence-electron chi connectivity index (χ0n) is 18.8. The van der Waals surface area contributed by atoms with Crippen LogP contribution in [0.5, 0.6) is 0 Å². The smallest absolute Gasteiger partial charge is 0.266 e. The number of benzene rings is 2. The number of fused-ring (bicyclic) bond motifs is 1. The molecule has 8 heteroatoms. The average Bonchev–Trinajstić information content (AvgIpc) is 3.11. The minimum atomic E-state index is -0.327. The molecule has 0 unspecified atom stereocenters. The number of hydrogen-bond donors (Lipinski definition) is 0. The van der Waals surface area contributed by atoms with Crippen molar-refractivity contribution in [3.8, 4) is 0 Å². The van der Waals surface area contributed by atoms with Gasteiger partial charge in [-0.15, -0.1) is 0 Å². The molecule has 2 fully saturated rings. The molecular formula is C26H24FN3O2S2. The van der Waals surface area contributed by atoms with E-state index in [0.29, 0.717) is 14.8 Å². The summed E-state index contributed by atoms with van der Waals surface area (Å²) in [6, 6.07) is 13.9. The topological polar surface area (TPSA) is 45.6 Å². The Hall–Kier alpha value is -2.97. The third kappa shape index (κ3) is 4.16. The van der Waals surface area contributed by atoms with Crippen molar-refractivity contribution >= 4 is 56.9 Å². The van der Waals surface area contributed by atoms with Crippen molar-refractivity contribution in [2.75, 3.05) is 18.0 Å². The van der Waals surface area contributed by atoms with E-state index in [9.17, 15) is 14.0 Å². The lowest BCUT2D eigenvalue weighted by Crippen LogP contribution is -2.33. The maximum atomic E-state index is 13.5. The normalized spacial score (nSPS) is 17.9. The van der Waals surface area contributed by atoms with Crippen LogP contribution in [0, 0.1) is 5.82 Å². The molecule has 2 saturated heterocycles. The molecule has 174 valence electrons. The Morgan fingerprint density at radius 2 is 1.74 bits per heavy atom. The van der Waals surface area contributed by atoms with Crippen LogP contribution in [0.15, 0.2) is 58.2 Å². The number of hydrogen-bond acceptors (Lipinski definition) is 5. The van der Waals surface area contributed by atoms with E-state index in [2.05, 4.69) is 4.90 Å². The van der Waals surface area contributed by atoms with Gasteiger partial charge in [-0.2, -0.15) is 0 Å². The van der Waals surface area contributed by atoms with Gasteiger partial charge in [-0.3, -0.25) is 14.5 Å². The first-order valence-electron chi connectivity index (χ1n) is 11.3. The van der Waals surface area contributed by atoms with Crippen molar-refractivity contribution in [3.05, 3.63) is 80.7 Å². The Morgan fingerprint density at radius 3 is 2.47 bits per heavy atom. The van der Waals surface area contributed by atoms with Gasteiger partial charge in [0.25, 0.3) is 11.5 Å². The van der Waals surface area contributed by atoms with Crippen LogP contribution < -0.4 is 10.5 Å². The van der Waals surface area contributed by atoms with Crippen LogP contribution in [-0.4, -0.2) is 32.8 Å². The second kappa shape index (κ2) is 9.35. The standard InChI is InChI=1S/C26H24FN3O2S2/c1-28-21-8-4-3-7-19(21)23(29-13-5-2-6-14-29)20(24(28)31)15-22-25(32)30(26(33)34-22)16-17-9-11-18(27)12-10-17/h3-4,7-12,15H,2,5-6,13-14,16H2,1H3. The zero-order valence-corrected chi connectivity index (χ0v) is 20.4. The second-order valence-electron chi connectivity index (χ2n) is 8.59. The number of rotatable bonds is 4. The van der Waals surface area contributed by atoms with Crippen LogP contribution in [0.1, 0.15) is 30.4 Å². The van der Waals surface area contributed by atoms with Gasteiger partial charge in [0.2, 0.25) is 0 Å². The Morgan fingerprint density at radius 1 is 1.03 bits per heavy atom. The highest BCUT2D eigenvalue weighted by Crippen LogP contribution is 2.37. The highest BCUT2D eigenvalue weighted by atomic mass is 32.2. The number of amides is 1. The number of pyridine rings is 1. The number of aryl methyl sites for hydroxylation is 1. The summed E-state index contributed by atoms with van der Waals surface area (Å²) in [4.78, 5) is 31.0. The molecule has 3 heterocycles. The van der Waals surface area contributed by atoms with Gasteiger partial charge in [0.15, 0.2) is 0 Å². The van der Waals surface area contributed by atoms with Crippen LogP contribution in [0.2, 0.25) is 0 Å². The van der Waals surface area contributed by atoms with Crippen molar-refractivity contribution in [1.82, 2.24) is 9.47 Å². The van der Waals surface area contributed by atoms with E-state index in [4.69, 9.17) is 12.2 Å². The van der Waals surface area contributed by atoms with Gasteiger partial charge in [-0.05, 0) is 49.1 Å². The number of thioether (sulfide) groups is 1. The van der Waals surface area contributed by atoms with Crippen LogP contribution in [0.25, 0.3) is 17.0 Å². The predicted octanol–water partition coefficient (Wildman–Crippen LogP) is 5.07. The number of nitrogens with zero attached hydrogens (tertiary/aromatic N) is 3. The molecule has 2 aliphatic heterocycles. The molecule has 0 atom stereocenters. The molecule has 2 aliphatic rings. The fraction of sp³-hybridized carbons (Fsp3) is 0.269. The molecule has 0 bridgehead atoms. The number of thiocarbonyl (C=S) groups is 1. The van der Waals surface area contributed by atoms with Crippen molar-refractivity contribution in [3.63, 3.8) is 0 Å². The van der Waals surface area contributed by atoms with E-state index >= 15 is 0 Å². The zero-order chi connectivity index (χ0) is 23.8. The molecule has 5 nitrogen and oxygen atoms in total. The van der Waals surface area contributed by atoms with Crippen LogP contribution >= 0.6 is 24.0 Å². The van der Waals surface area contributed by atoms with Gasteiger partial charge in [-0.25, -0.2) is 4.39 Å². The molecule has 1 amide bonds. The van der Waals surface area contributed by atoms with Crippen molar-refractivity contribution in [2.24, 2.45) is 7.05 Å². The Kier molecular flexibility index (Phi) is 6.27.